The molecule has 1 fully saturated rings. The second-order valence-corrected chi connectivity index (χ2v) is 10.1. The maximum atomic E-state index is 13.8. The van der Waals surface area contributed by atoms with Gasteiger partial charge in [-0.2, -0.15) is 5.26 Å². The zero-order valence-electron chi connectivity index (χ0n) is 18.7. The molecule has 172 valence electrons. The summed E-state index contributed by atoms with van der Waals surface area (Å²) in [6, 6.07) is 10.0. The molecule has 0 radical (unpaired) electrons. The first-order valence-electron chi connectivity index (χ1n) is 10.4. The second kappa shape index (κ2) is 8.24. The fourth-order valence-electron chi connectivity index (χ4n) is 4.02. The Kier molecular flexibility index (Phi) is 5.72. The maximum absolute atomic E-state index is 13.8. The smallest absolute Gasteiger partial charge is 0.414 e. The number of fused-ring (bicyclic) bond motifs is 1. The van der Waals surface area contributed by atoms with Crippen LogP contribution in [-0.4, -0.2) is 48.6 Å². The summed E-state index contributed by atoms with van der Waals surface area (Å²) >= 11 is 1.43. The molecule has 0 saturated carbocycles. The van der Waals surface area contributed by atoms with Crippen LogP contribution in [0, 0.1) is 23.1 Å². The Morgan fingerprint density at radius 2 is 2.15 bits per heavy atom. The van der Waals surface area contributed by atoms with E-state index in [1.165, 1.54) is 28.4 Å². The Bertz CT molecular complexity index is 1200. The highest BCUT2D eigenvalue weighted by molar-refractivity contribution is 7.15. The van der Waals surface area contributed by atoms with E-state index in [4.69, 9.17) is 15.0 Å². The highest BCUT2D eigenvalue weighted by Crippen LogP contribution is 2.45. The van der Waals surface area contributed by atoms with Gasteiger partial charge in [-0.15, -0.1) is 11.3 Å². The minimum atomic E-state index is -0.894. The van der Waals surface area contributed by atoms with Crippen molar-refractivity contribution in [1.82, 2.24) is 15.5 Å². The number of alkyl carbamates (subject to hydrolysis) is 1. The second-order valence-electron chi connectivity index (χ2n) is 9.04. The highest BCUT2D eigenvalue weighted by atomic mass is 32.1. The average molecular weight is 470 g/mol. The third-order valence-electron chi connectivity index (χ3n) is 5.59. The number of benzene rings is 1. The van der Waals surface area contributed by atoms with E-state index in [9.17, 15) is 14.0 Å². The molecule has 0 bridgehead atoms. The summed E-state index contributed by atoms with van der Waals surface area (Å²) < 4.78 is 19.1. The molecular weight excluding hydrogens is 445 g/mol. The van der Waals surface area contributed by atoms with Gasteiger partial charge < -0.3 is 10.1 Å². The Morgan fingerprint density at radius 3 is 2.85 bits per heavy atom. The van der Waals surface area contributed by atoms with Crippen LogP contribution in [0.25, 0.3) is 10.4 Å². The van der Waals surface area contributed by atoms with E-state index >= 15 is 0 Å². The molecule has 2 aliphatic rings. The summed E-state index contributed by atoms with van der Waals surface area (Å²) in [7, 11) is 1.57. The number of aliphatic imine (C=N–C) groups is 1. The minimum Gasteiger partial charge on any atom is -0.444 e. The fraction of sp³-hybridized carbons (Fsp3) is 0.391. The molecule has 2 aromatic rings. The molecule has 2 amide bonds. The first-order chi connectivity index (χ1) is 15.5. The van der Waals surface area contributed by atoms with Crippen LogP contribution in [0.15, 0.2) is 35.3 Å². The lowest BCUT2D eigenvalue weighted by Crippen LogP contribution is -2.56. The third kappa shape index (κ3) is 4.21. The van der Waals surface area contributed by atoms with Gasteiger partial charge in [0.1, 0.15) is 23.0 Å². The number of rotatable bonds is 2. The standard InChI is InChI=1S/C23H24FN5O3S/c1-22(2,3)32-21(31)27-20-28-23(12-26-11-15(23)19(30)29(20)4)18-8-7-17(33-18)13-5-6-16(24)14(9-13)10-25/h5-9,15,26H,11-12H2,1-4H3,(H,27,28,31). The molecule has 2 atom stereocenters. The normalized spacial score (nSPS) is 22.4. The predicted octanol–water partition coefficient (Wildman–Crippen LogP) is 3.19. The SMILES string of the molecule is CN1C(=O)C2CNCC2(c2ccc(-c3ccc(F)c(C#N)c3)s2)N=C1NC(=O)OC(C)(C)C. The number of hydrogen-bond acceptors (Lipinski definition) is 7. The number of carbonyl (C=O) groups excluding carboxylic acids is 2. The number of hydrogen-bond donors (Lipinski definition) is 2. The van der Waals surface area contributed by atoms with Gasteiger partial charge in [0.2, 0.25) is 11.9 Å². The van der Waals surface area contributed by atoms with Crippen molar-refractivity contribution < 1.29 is 18.7 Å². The lowest BCUT2D eigenvalue weighted by molar-refractivity contribution is -0.132. The van der Waals surface area contributed by atoms with Crippen molar-refractivity contribution in [2.24, 2.45) is 10.9 Å². The van der Waals surface area contributed by atoms with Gasteiger partial charge in [0, 0.05) is 29.9 Å². The van der Waals surface area contributed by atoms with Crippen molar-refractivity contribution in [2.45, 2.75) is 31.9 Å². The number of amides is 2. The first kappa shape index (κ1) is 22.9. The zero-order valence-corrected chi connectivity index (χ0v) is 19.5. The van der Waals surface area contributed by atoms with Gasteiger partial charge in [0.25, 0.3) is 0 Å². The van der Waals surface area contributed by atoms with Gasteiger partial charge in [-0.1, -0.05) is 6.07 Å². The lowest BCUT2D eigenvalue weighted by atomic mass is 9.84. The minimum absolute atomic E-state index is 0.0302. The van der Waals surface area contributed by atoms with Crippen molar-refractivity contribution in [3.63, 3.8) is 0 Å². The van der Waals surface area contributed by atoms with Gasteiger partial charge in [-0.05, 0) is 50.6 Å². The molecule has 4 rings (SSSR count). The summed E-state index contributed by atoms with van der Waals surface area (Å²) in [5.41, 5.74) is -0.915. The van der Waals surface area contributed by atoms with E-state index in [1.54, 1.807) is 33.9 Å². The van der Waals surface area contributed by atoms with Gasteiger partial charge in [0.15, 0.2) is 0 Å². The highest BCUT2D eigenvalue weighted by Gasteiger charge is 2.54. The predicted molar refractivity (Wildman–Crippen MR) is 122 cm³/mol. The molecular formula is C23H24FN5O3S. The molecule has 8 nitrogen and oxygen atoms in total. The molecule has 10 heteroatoms. The molecule has 3 heterocycles. The number of nitrogens with zero attached hydrogens (tertiary/aromatic N) is 3. The van der Waals surface area contributed by atoms with E-state index in [0.29, 0.717) is 18.7 Å². The molecule has 1 saturated heterocycles. The summed E-state index contributed by atoms with van der Waals surface area (Å²) in [6.07, 6.45) is -0.692. The van der Waals surface area contributed by atoms with Crippen LogP contribution in [0.3, 0.4) is 0 Å². The van der Waals surface area contributed by atoms with Crippen LogP contribution in [0.4, 0.5) is 9.18 Å². The molecule has 2 N–H and O–H groups in total. The van der Waals surface area contributed by atoms with Crippen LogP contribution >= 0.6 is 11.3 Å². The van der Waals surface area contributed by atoms with Crippen molar-refractivity contribution in [2.75, 3.05) is 20.1 Å². The van der Waals surface area contributed by atoms with E-state index in [-0.39, 0.29) is 17.4 Å². The summed E-state index contributed by atoms with van der Waals surface area (Å²) in [4.78, 5) is 33.4. The maximum Gasteiger partial charge on any atom is 0.414 e. The molecule has 1 aromatic carbocycles. The van der Waals surface area contributed by atoms with Crippen molar-refractivity contribution >= 4 is 29.3 Å². The number of nitriles is 1. The monoisotopic (exact) mass is 469 g/mol. The topological polar surface area (TPSA) is 107 Å². The Balaban J connectivity index is 1.72. The number of halogens is 1. The zero-order chi connectivity index (χ0) is 24.0. The van der Waals surface area contributed by atoms with Crippen LogP contribution in [0.1, 0.15) is 31.2 Å². The van der Waals surface area contributed by atoms with E-state index in [2.05, 4.69) is 10.6 Å². The molecule has 33 heavy (non-hydrogen) atoms. The van der Waals surface area contributed by atoms with Gasteiger partial charge in [-0.3, -0.25) is 15.0 Å². The number of ether oxygens (including phenoxy) is 1. The molecule has 0 spiro atoms. The van der Waals surface area contributed by atoms with Crippen molar-refractivity contribution in [3.8, 4) is 16.5 Å². The van der Waals surface area contributed by atoms with Crippen molar-refractivity contribution in [3.05, 3.63) is 46.6 Å². The first-order valence-corrected chi connectivity index (χ1v) is 11.2. The van der Waals surface area contributed by atoms with E-state index < -0.39 is 29.0 Å². The van der Waals surface area contributed by atoms with Crippen LogP contribution in [-0.2, 0) is 15.1 Å². The fourth-order valence-corrected chi connectivity index (χ4v) is 5.21. The Morgan fingerprint density at radius 1 is 1.39 bits per heavy atom. The Labute approximate surface area is 195 Å². The molecule has 2 unspecified atom stereocenters. The molecule has 1 aromatic heterocycles. The number of thiophene rings is 1. The van der Waals surface area contributed by atoms with Gasteiger partial charge >= 0.3 is 6.09 Å². The number of carbonyl (C=O) groups is 2. The number of guanidine groups is 1. The average Bonchev–Trinajstić information content (AvgIpc) is 3.39. The quantitative estimate of drug-likeness (QED) is 0.703. The van der Waals surface area contributed by atoms with E-state index in [0.717, 1.165) is 9.75 Å². The van der Waals surface area contributed by atoms with E-state index in [1.807, 2.05) is 18.2 Å². The van der Waals surface area contributed by atoms with Gasteiger partial charge in [0.05, 0.1) is 11.5 Å². The third-order valence-corrected chi connectivity index (χ3v) is 6.89. The van der Waals surface area contributed by atoms with Crippen LogP contribution < -0.4 is 10.6 Å². The lowest BCUT2D eigenvalue weighted by Gasteiger charge is -2.38. The largest absolute Gasteiger partial charge is 0.444 e. The van der Waals surface area contributed by atoms with Crippen LogP contribution in [0.2, 0.25) is 0 Å². The molecule has 0 aliphatic carbocycles. The van der Waals surface area contributed by atoms with Crippen LogP contribution in [0.5, 0.6) is 0 Å². The Hall–Kier alpha value is -3.29. The summed E-state index contributed by atoms with van der Waals surface area (Å²) in [6.45, 7) is 6.13. The van der Waals surface area contributed by atoms with Gasteiger partial charge in [-0.25, -0.2) is 14.2 Å². The summed E-state index contributed by atoms with van der Waals surface area (Å²) in [5.74, 6) is -1.05. The van der Waals surface area contributed by atoms with Crippen molar-refractivity contribution in [1.29, 1.82) is 5.26 Å². The molecule has 2 aliphatic heterocycles. The number of nitrogens with one attached hydrogen (secondary N) is 2. The summed E-state index contributed by atoms with van der Waals surface area (Å²) in [5, 5.41) is 15.0.